The molecule has 0 fully saturated rings. The fourth-order valence-corrected chi connectivity index (χ4v) is 2.54. The van der Waals surface area contributed by atoms with Gasteiger partial charge in [-0.25, -0.2) is 0 Å². The number of likely N-dealkylation sites (N-methyl/N-ethyl adjacent to an activating group) is 1. The van der Waals surface area contributed by atoms with Crippen LogP contribution in [0.1, 0.15) is 29.2 Å². The molecule has 0 saturated carbocycles. The number of benzene rings is 1. The van der Waals surface area contributed by atoms with Crippen molar-refractivity contribution in [3.63, 3.8) is 0 Å². The minimum atomic E-state index is 0.322. The van der Waals surface area contributed by atoms with E-state index in [1.165, 1.54) is 23.1 Å². The Labute approximate surface area is 118 Å². The van der Waals surface area contributed by atoms with Gasteiger partial charge in [0.15, 0.2) is 0 Å². The zero-order valence-corrected chi connectivity index (χ0v) is 13.1. The molecule has 0 radical (unpaired) electrons. The average Bonchev–Trinajstić information content (AvgIpc) is 2.32. The summed E-state index contributed by atoms with van der Waals surface area (Å²) < 4.78 is 0. The minimum Gasteiger partial charge on any atom is -0.329 e. The lowest BCUT2D eigenvalue weighted by atomic mass is 9.98. The first kappa shape index (κ1) is 16.2. The van der Waals surface area contributed by atoms with Crippen molar-refractivity contribution in [1.82, 2.24) is 9.80 Å². The normalized spacial score (nSPS) is 13.3. The second kappa shape index (κ2) is 7.63. The molecule has 0 aliphatic rings. The number of rotatable bonds is 7. The van der Waals surface area contributed by atoms with E-state index in [0.717, 1.165) is 13.1 Å². The van der Waals surface area contributed by atoms with Gasteiger partial charge in [0, 0.05) is 12.6 Å². The van der Waals surface area contributed by atoms with Crippen LogP contribution in [0.25, 0.3) is 0 Å². The Hall–Kier alpha value is -0.900. The summed E-state index contributed by atoms with van der Waals surface area (Å²) >= 11 is 0. The topological polar surface area (TPSA) is 32.5 Å². The van der Waals surface area contributed by atoms with Gasteiger partial charge in [-0.2, -0.15) is 0 Å². The fraction of sp³-hybridized carbons (Fsp3) is 0.625. The molecule has 3 heteroatoms. The molecule has 108 valence electrons. The van der Waals surface area contributed by atoms with E-state index < -0.39 is 0 Å². The lowest BCUT2D eigenvalue weighted by Gasteiger charge is -2.29. The molecule has 1 rings (SSSR count). The van der Waals surface area contributed by atoms with Gasteiger partial charge in [-0.05, 0) is 65.6 Å². The largest absolute Gasteiger partial charge is 0.329 e. The lowest BCUT2D eigenvalue weighted by molar-refractivity contribution is 0.234. The maximum absolute atomic E-state index is 5.99. The van der Waals surface area contributed by atoms with Crippen molar-refractivity contribution < 1.29 is 0 Å². The van der Waals surface area contributed by atoms with Gasteiger partial charge < -0.3 is 10.6 Å². The molecule has 0 aromatic heterocycles. The van der Waals surface area contributed by atoms with Gasteiger partial charge in [0.05, 0.1) is 0 Å². The quantitative estimate of drug-likeness (QED) is 0.818. The highest BCUT2D eigenvalue weighted by molar-refractivity contribution is 5.33. The van der Waals surface area contributed by atoms with Gasteiger partial charge in [0.25, 0.3) is 0 Å². The van der Waals surface area contributed by atoms with E-state index in [1.54, 1.807) is 0 Å². The predicted molar refractivity (Wildman–Crippen MR) is 83.5 cm³/mol. The summed E-state index contributed by atoms with van der Waals surface area (Å²) in [7, 11) is 6.40. The molecule has 19 heavy (non-hydrogen) atoms. The van der Waals surface area contributed by atoms with Crippen molar-refractivity contribution in [2.45, 2.75) is 26.3 Å². The molecule has 3 nitrogen and oxygen atoms in total. The first-order valence-electron chi connectivity index (χ1n) is 7.08. The SMILES string of the molecule is Cc1ccc(C(CN)N(C)CCCN(C)C)c(C)c1. The Kier molecular flexibility index (Phi) is 6.49. The number of nitrogens with two attached hydrogens (primary N) is 1. The molecule has 0 aliphatic carbocycles. The average molecular weight is 263 g/mol. The van der Waals surface area contributed by atoms with E-state index in [-0.39, 0.29) is 0 Å². The molecule has 1 unspecified atom stereocenters. The molecule has 0 bridgehead atoms. The summed E-state index contributed by atoms with van der Waals surface area (Å²) in [5, 5.41) is 0. The van der Waals surface area contributed by atoms with Gasteiger partial charge in [-0.3, -0.25) is 4.90 Å². The summed E-state index contributed by atoms with van der Waals surface area (Å²) in [5.74, 6) is 0. The molecule has 0 aliphatic heterocycles. The van der Waals surface area contributed by atoms with Crippen LogP contribution in [0.2, 0.25) is 0 Å². The third kappa shape index (κ3) is 4.94. The van der Waals surface area contributed by atoms with Crippen LogP contribution in [0.4, 0.5) is 0 Å². The van der Waals surface area contributed by atoms with Crippen molar-refractivity contribution in [2.75, 3.05) is 40.8 Å². The van der Waals surface area contributed by atoms with Gasteiger partial charge in [0.2, 0.25) is 0 Å². The van der Waals surface area contributed by atoms with E-state index in [1.807, 2.05) is 0 Å². The zero-order valence-electron chi connectivity index (χ0n) is 13.1. The Bertz CT molecular complexity index is 388. The van der Waals surface area contributed by atoms with Crippen molar-refractivity contribution >= 4 is 0 Å². The van der Waals surface area contributed by atoms with Crippen LogP contribution >= 0.6 is 0 Å². The molecule has 1 aromatic carbocycles. The van der Waals surface area contributed by atoms with Crippen LogP contribution in [-0.2, 0) is 0 Å². The van der Waals surface area contributed by atoms with Crippen LogP contribution in [0.15, 0.2) is 18.2 Å². The number of nitrogens with zero attached hydrogens (tertiary/aromatic N) is 2. The highest BCUT2D eigenvalue weighted by Gasteiger charge is 2.16. The van der Waals surface area contributed by atoms with Crippen molar-refractivity contribution in [2.24, 2.45) is 5.73 Å². The third-order valence-electron chi connectivity index (χ3n) is 3.66. The van der Waals surface area contributed by atoms with Crippen molar-refractivity contribution in [3.05, 3.63) is 34.9 Å². The predicted octanol–water partition coefficient (Wildman–Crippen LogP) is 2.19. The second-order valence-corrected chi connectivity index (χ2v) is 5.75. The molecule has 2 N–H and O–H groups in total. The second-order valence-electron chi connectivity index (χ2n) is 5.75. The van der Waals surface area contributed by atoms with Crippen LogP contribution in [0, 0.1) is 13.8 Å². The van der Waals surface area contributed by atoms with Crippen molar-refractivity contribution in [3.8, 4) is 0 Å². The fourth-order valence-electron chi connectivity index (χ4n) is 2.54. The van der Waals surface area contributed by atoms with Crippen LogP contribution in [0.3, 0.4) is 0 Å². The Morgan fingerprint density at radius 2 is 1.79 bits per heavy atom. The maximum Gasteiger partial charge on any atom is 0.0470 e. The van der Waals surface area contributed by atoms with E-state index in [4.69, 9.17) is 5.73 Å². The van der Waals surface area contributed by atoms with E-state index >= 15 is 0 Å². The van der Waals surface area contributed by atoms with Gasteiger partial charge in [-0.15, -0.1) is 0 Å². The van der Waals surface area contributed by atoms with Crippen molar-refractivity contribution in [1.29, 1.82) is 0 Å². The van der Waals surface area contributed by atoms with E-state index in [9.17, 15) is 0 Å². The molecule has 0 spiro atoms. The van der Waals surface area contributed by atoms with E-state index in [0.29, 0.717) is 12.6 Å². The lowest BCUT2D eigenvalue weighted by Crippen LogP contribution is -2.33. The standard InChI is InChI=1S/C16H29N3/c1-13-7-8-15(14(2)11-13)16(12-17)19(5)10-6-9-18(3)4/h7-8,11,16H,6,9-10,12,17H2,1-5H3. The van der Waals surface area contributed by atoms with Gasteiger partial charge in [0.1, 0.15) is 0 Å². The molecule has 0 saturated heterocycles. The van der Waals surface area contributed by atoms with Crippen LogP contribution < -0.4 is 5.73 Å². The summed E-state index contributed by atoms with van der Waals surface area (Å²) in [6.07, 6.45) is 1.17. The Morgan fingerprint density at radius 3 is 2.32 bits per heavy atom. The summed E-state index contributed by atoms with van der Waals surface area (Å²) in [4.78, 5) is 4.60. The molecule has 1 aromatic rings. The number of hydrogen-bond donors (Lipinski definition) is 1. The zero-order chi connectivity index (χ0) is 14.4. The number of hydrogen-bond acceptors (Lipinski definition) is 3. The molecular formula is C16H29N3. The smallest absolute Gasteiger partial charge is 0.0470 e. The third-order valence-corrected chi connectivity index (χ3v) is 3.66. The first-order chi connectivity index (χ1) is 8.95. The summed E-state index contributed by atoms with van der Waals surface area (Å²) in [6.45, 7) is 7.18. The Morgan fingerprint density at radius 1 is 1.11 bits per heavy atom. The monoisotopic (exact) mass is 263 g/mol. The minimum absolute atomic E-state index is 0.322. The molecule has 1 atom stereocenters. The summed E-state index contributed by atoms with van der Waals surface area (Å²) in [5.41, 5.74) is 10.0. The van der Waals surface area contributed by atoms with Gasteiger partial charge >= 0.3 is 0 Å². The first-order valence-corrected chi connectivity index (χ1v) is 7.08. The molecule has 0 amide bonds. The maximum atomic E-state index is 5.99. The van der Waals surface area contributed by atoms with Crippen LogP contribution in [0.5, 0.6) is 0 Å². The Balaban J connectivity index is 2.70. The highest BCUT2D eigenvalue weighted by Crippen LogP contribution is 2.23. The van der Waals surface area contributed by atoms with Crippen LogP contribution in [-0.4, -0.2) is 50.6 Å². The molecular weight excluding hydrogens is 234 g/mol. The molecule has 0 heterocycles. The summed E-state index contributed by atoms with van der Waals surface area (Å²) in [6, 6.07) is 6.97. The highest BCUT2D eigenvalue weighted by atomic mass is 15.1. The van der Waals surface area contributed by atoms with E-state index in [2.05, 4.69) is 63.0 Å². The van der Waals surface area contributed by atoms with Gasteiger partial charge in [-0.1, -0.05) is 23.8 Å². The number of aryl methyl sites for hydroxylation is 2.